The Hall–Kier alpha value is -2.82. The van der Waals surface area contributed by atoms with Crippen LogP contribution in [0, 0.1) is 0 Å². The molecule has 3 aromatic rings. The smallest absolute Gasteiger partial charge is 0.189 e. The molecule has 0 radical (unpaired) electrons. The monoisotopic (exact) mass is 336 g/mol. The number of nitrogens with two attached hydrogens (primary N) is 2. The molecule has 3 rings (SSSR count). The molecule has 3 aromatic carbocycles. The second-order valence-electron chi connectivity index (χ2n) is 5.71. The fourth-order valence-electron chi connectivity index (χ4n) is 2.36. The zero-order chi connectivity index (χ0) is 18.3. The van der Waals surface area contributed by atoms with Crippen molar-refractivity contribution in [3.63, 3.8) is 0 Å². The summed E-state index contributed by atoms with van der Waals surface area (Å²) in [6.45, 7) is 1.73. The van der Waals surface area contributed by atoms with Crippen molar-refractivity contribution in [2.75, 3.05) is 11.5 Å². The van der Waals surface area contributed by atoms with Crippen molar-refractivity contribution < 1.29 is 10.2 Å². The normalized spacial score (nSPS) is 10.7. The number of aliphatic hydroxyl groups is 2. The lowest BCUT2D eigenvalue weighted by Crippen LogP contribution is -2.23. The highest BCUT2D eigenvalue weighted by molar-refractivity contribution is 5.84. The quantitative estimate of drug-likeness (QED) is 0.433. The second-order valence-corrected chi connectivity index (χ2v) is 5.71. The van der Waals surface area contributed by atoms with E-state index in [1.165, 1.54) is 0 Å². The molecule has 0 spiro atoms. The van der Waals surface area contributed by atoms with Gasteiger partial charge in [0.2, 0.25) is 0 Å². The lowest BCUT2D eigenvalue weighted by atomic mass is 10.0. The molecule has 130 valence electrons. The Morgan fingerprint density at radius 3 is 1.88 bits per heavy atom. The van der Waals surface area contributed by atoms with Crippen molar-refractivity contribution in [2.45, 2.75) is 19.1 Å². The van der Waals surface area contributed by atoms with E-state index in [-0.39, 0.29) is 0 Å². The molecule has 0 aliphatic rings. The van der Waals surface area contributed by atoms with Gasteiger partial charge in [-0.05, 0) is 11.6 Å². The molecule has 0 fully saturated rings. The number of para-hydroxylation sites is 1. The predicted molar refractivity (Wildman–Crippen MR) is 104 cm³/mol. The third-order valence-electron chi connectivity index (χ3n) is 3.95. The minimum atomic E-state index is -1.67. The van der Waals surface area contributed by atoms with Gasteiger partial charge < -0.3 is 21.7 Å². The topological polar surface area (TPSA) is 92.5 Å². The van der Waals surface area contributed by atoms with Gasteiger partial charge in [-0.15, -0.1) is 0 Å². The van der Waals surface area contributed by atoms with Crippen molar-refractivity contribution in [3.05, 3.63) is 84.4 Å². The van der Waals surface area contributed by atoms with Gasteiger partial charge in [-0.3, -0.25) is 0 Å². The maximum absolute atomic E-state index is 9.35. The maximum Gasteiger partial charge on any atom is 0.189 e. The van der Waals surface area contributed by atoms with E-state index in [2.05, 4.69) is 0 Å². The molecule has 6 N–H and O–H groups in total. The molecule has 4 nitrogen and oxygen atoms in total. The Morgan fingerprint density at radius 2 is 1.32 bits per heavy atom. The highest BCUT2D eigenvalue weighted by Crippen LogP contribution is 2.29. The Morgan fingerprint density at radius 1 is 0.760 bits per heavy atom. The lowest BCUT2D eigenvalue weighted by Gasteiger charge is -2.19. The lowest BCUT2D eigenvalue weighted by molar-refractivity contribution is -0.171. The van der Waals surface area contributed by atoms with Crippen molar-refractivity contribution in [1.29, 1.82) is 0 Å². The van der Waals surface area contributed by atoms with E-state index in [0.717, 1.165) is 11.1 Å². The van der Waals surface area contributed by atoms with Crippen LogP contribution >= 0.6 is 0 Å². The van der Waals surface area contributed by atoms with Crippen LogP contribution in [0.5, 0.6) is 0 Å². The first kappa shape index (κ1) is 18.5. The Balaban J connectivity index is 0.000000186. The second kappa shape index (κ2) is 8.33. The number of anilines is 2. The summed E-state index contributed by atoms with van der Waals surface area (Å²) >= 11 is 0. The third-order valence-corrected chi connectivity index (χ3v) is 3.95. The van der Waals surface area contributed by atoms with Crippen LogP contribution in [0.1, 0.15) is 18.9 Å². The standard InChI is InChI=1S/C12H12N2.C9H12O2/c13-11-8-4-7-10(12(11)14)9-5-2-1-3-6-9;1-2-9(10,11)8-6-4-3-5-7-8/h1-8H,13-14H2;3-7,10-11H,2H2,1H3. The van der Waals surface area contributed by atoms with Gasteiger partial charge in [0.25, 0.3) is 0 Å². The van der Waals surface area contributed by atoms with E-state index in [9.17, 15) is 10.2 Å². The summed E-state index contributed by atoms with van der Waals surface area (Å²) in [4.78, 5) is 0. The first-order valence-corrected chi connectivity index (χ1v) is 8.15. The average molecular weight is 336 g/mol. The highest BCUT2D eigenvalue weighted by Gasteiger charge is 2.21. The van der Waals surface area contributed by atoms with Crippen LogP contribution in [-0.4, -0.2) is 10.2 Å². The SMILES string of the molecule is CCC(O)(O)c1ccccc1.Nc1cccc(-c2ccccc2)c1N. The van der Waals surface area contributed by atoms with E-state index in [1.807, 2.05) is 54.6 Å². The third kappa shape index (κ3) is 4.83. The van der Waals surface area contributed by atoms with Crippen LogP contribution in [0.15, 0.2) is 78.9 Å². The highest BCUT2D eigenvalue weighted by atomic mass is 16.5. The molecule has 4 heteroatoms. The van der Waals surface area contributed by atoms with Gasteiger partial charge in [0, 0.05) is 17.5 Å². The molecule has 0 saturated heterocycles. The molecule has 0 heterocycles. The maximum atomic E-state index is 9.35. The fourth-order valence-corrected chi connectivity index (χ4v) is 2.36. The molecule has 0 aliphatic carbocycles. The van der Waals surface area contributed by atoms with Crippen molar-refractivity contribution in [1.82, 2.24) is 0 Å². The number of nitrogen functional groups attached to an aromatic ring is 2. The first-order valence-electron chi connectivity index (χ1n) is 8.15. The van der Waals surface area contributed by atoms with Crippen LogP contribution < -0.4 is 11.5 Å². The van der Waals surface area contributed by atoms with Gasteiger partial charge in [-0.25, -0.2) is 0 Å². The van der Waals surface area contributed by atoms with Gasteiger partial charge in [-0.2, -0.15) is 0 Å². The number of benzene rings is 3. The molecule has 0 saturated carbocycles. The number of rotatable bonds is 3. The molecule has 0 aliphatic heterocycles. The Kier molecular flexibility index (Phi) is 6.17. The van der Waals surface area contributed by atoms with Crippen molar-refractivity contribution in [2.24, 2.45) is 0 Å². The molecular weight excluding hydrogens is 312 g/mol. The molecule has 0 aromatic heterocycles. The van der Waals surface area contributed by atoms with Crippen LogP contribution in [0.2, 0.25) is 0 Å². The zero-order valence-electron chi connectivity index (χ0n) is 14.3. The molecule has 0 atom stereocenters. The van der Waals surface area contributed by atoms with Gasteiger partial charge in [0.15, 0.2) is 5.79 Å². The van der Waals surface area contributed by atoms with Crippen molar-refractivity contribution >= 4 is 11.4 Å². The fraction of sp³-hybridized carbons (Fsp3) is 0.143. The van der Waals surface area contributed by atoms with E-state index in [4.69, 9.17) is 11.5 Å². The van der Waals surface area contributed by atoms with Gasteiger partial charge >= 0.3 is 0 Å². The summed E-state index contributed by atoms with van der Waals surface area (Å²) in [7, 11) is 0. The summed E-state index contributed by atoms with van der Waals surface area (Å²) in [5.41, 5.74) is 15.5. The molecule has 0 bridgehead atoms. The van der Waals surface area contributed by atoms with Gasteiger partial charge in [0.1, 0.15) is 0 Å². The van der Waals surface area contributed by atoms with E-state index >= 15 is 0 Å². The Bertz CT molecular complexity index is 788. The summed E-state index contributed by atoms with van der Waals surface area (Å²) < 4.78 is 0. The zero-order valence-corrected chi connectivity index (χ0v) is 14.3. The largest absolute Gasteiger partial charge is 0.397 e. The minimum Gasteiger partial charge on any atom is -0.397 e. The Labute approximate surface area is 148 Å². The van der Waals surface area contributed by atoms with E-state index in [0.29, 0.717) is 23.4 Å². The number of hydrogen-bond donors (Lipinski definition) is 4. The number of hydrogen-bond acceptors (Lipinski definition) is 4. The van der Waals surface area contributed by atoms with E-state index < -0.39 is 5.79 Å². The van der Waals surface area contributed by atoms with Gasteiger partial charge in [0.05, 0.1) is 11.4 Å². The van der Waals surface area contributed by atoms with E-state index in [1.54, 1.807) is 31.2 Å². The van der Waals surface area contributed by atoms with Gasteiger partial charge in [-0.1, -0.05) is 79.7 Å². The molecule has 25 heavy (non-hydrogen) atoms. The molecular formula is C21H24N2O2. The van der Waals surface area contributed by atoms with Crippen LogP contribution in [-0.2, 0) is 5.79 Å². The first-order chi connectivity index (χ1) is 12.0. The summed E-state index contributed by atoms with van der Waals surface area (Å²) in [6, 6.07) is 24.5. The molecule has 0 amide bonds. The van der Waals surface area contributed by atoms with Crippen molar-refractivity contribution in [3.8, 4) is 11.1 Å². The van der Waals surface area contributed by atoms with Crippen LogP contribution in [0.25, 0.3) is 11.1 Å². The summed E-state index contributed by atoms with van der Waals surface area (Å²) in [6.07, 6.45) is 0.303. The van der Waals surface area contributed by atoms with Crippen LogP contribution in [0.4, 0.5) is 11.4 Å². The van der Waals surface area contributed by atoms with Crippen LogP contribution in [0.3, 0.4) is 0 Å². The minimum absolute atomic E-state index is 0.303. The summed E-state index contributed by atoms with van der Waals surface area (Å²) in [5, 5.41) is 18.7. The predicted octanol–water partition coefficient (Wildman–Crippen LogP) is 3.75. The average Bonchev–Trinajstić information content (AvgIpc) is 2.66. The molecule has 0 unspecified atom stereocenters. The summed E-state index contributed by atoms with van der Waals surface area (Å²) in [5.74, 6) is -1.67.